The van der Waals surface area contributed by atoms with E-state index in [0.29, 0.717) is 0 Å². The summed E-state index contributed by atoms with van der Waals surface area (Å²) in [5.41, 5.74) is 27.0. The average molecular weight is 928 g/mol. The summed E-state index contributed by atoms with van der Waals surface area (Å²) < 4.78 is 13.9. The number of aryl methyl sites for hydroxylation is 2. The molecule has 72 heavy (non-hydrogen) atoms. The van der Waals surface area contributed by atoms with Crippen LogP contribution in [0, 0.1) is 13.8 Å². The van der Waals surface area contributed by atoms with E-state index in [9.17, 15) is 0 Å². The van der Waals surface area contributed by atoms with Crippen LogP contribution in [0.25, 0.3) is 99.2 Å². The first-order valence-corrected chi connectivity index (χ1v) is 25.6. The maximum absolute atomic E-state index is 7.01. The van der Waals surface area contributed by atoms with Crippen LogP contribution < -0.4 is 4.90 Å². The summed E-state index contributed by atoms with van der Waals surface area (Å²) in [4.78, 5) is 2.54. The lowest BCUT2D eigenvalue weighted by molar-refractivity contribution is 0.600. The first-order chi connectivity index (χ1) is 34.8. The van der Waals surface area contributed by atoms with E-state index in [1.807, 2.05) is 0 Å². The van der Waals surface area contributed by atoms with Gasteiger partial charge < -0.3 is 13.7 Å². The molecule has 0 aliphatic heterocycles. The van der Waals surface area contributed by atoms with Gasteiger partial charge in [-0.1, -0.05) is 169 Å². The number of furan rings is 2. The van der Waals surface area contributed by atoms with Gasteiger partial charge in [-0.25, -0.2) is 0 Å². The third kappa shape index (κ3) is 5.25. The Labute approximate surface area is 420 Å². The molecule has 3 aliphatic carbocycles. The molecule has 0 unspecified atom stereocenters. The van der Waals surface area contributed by atoms with Crippen LogP contribution in [-0.4, -0.2) is 0 Å². The number of hydrogen-bond donors (Lipinski definition) is 0. The summed E-state index contributed by atoms with van der Waals surface area (Å²) in [7, 11) is 0. The Morgan fingerprint density at radius 3 is 1.62 bits per heavy atom. The van der Waals surface area contributed by atoms with Crippen LogP contribution >= 0.6 is 0 Å². The predicted octanol–water partition coefficient (Wildman–Crippen LogP) is 19.3. The molecular weight excluding hydrogens is 875 g/mol. The average Bonchev–Trinajstić information content (AvgIpc) is 4.14. The van der Waals surface area contributed by atoms with Crippen molar-refractivity contribution >= 4 is 71.7 Å². The van der Waals surface area contributed by atoms with Crippen LogP contribution in [0.1, 0.15) is 86.1 Å². The fourth-order valence-electron chi connectivity index (χ4n) is 14.0. The second-order valence-electron chi connectivity index (χ2n) is 22.5. The van der Waals surface area contributed by atoms with E-state index in [4.69, 9.17) is 8.83 Å². The standard InChI is InChI=1S/C69H53NO2/c1-38-18-17-19-39(2)64(38)70(44-31-33-47-53(36-44)69(7,8)62-58(47)60-49-24-13-16-27-56(49)72-66(60)61-45-22-11-14-25-51(45)68(5,6)63(61)62)43-30-32-46-52(35-43)67(3,4)54-37-50(42-29-28-40-20-9-10-21-41(40)34-42)65-59(57(46)54)48-23-12-15-26-55(48)71-65/h9-37H,1-8H3. The summed E-state index contributed by atoms with van der Waals surface area (Å²) in [6.45, 7) is 19.1. The lowest BCUT2D eigenvalue weighted by Crippen LogP contribution is -2.24. The van der Waals surface area contributed by atoms with Gasteiger partial charge >= 0.3 is 0 Å². The van der Waals surface area contributed by atoms with Gasteiger partial charge in [-0.2, -0.15) is 0 Å². The van der Waals surface area contributed by atoms with Gasteiger partial charge in [-0.15, -0.1) is 0 Å². The zero-order valence-electron chi connectivity index (χ0n) is 42.0. The van der Waals surface area contributed by atoms with Gasteiger partial charge in [0.05, 0.1) is 5.69 Å². The van der Waals surface area contributed by atoms with Gasteiger partial charge in [0.1, 0.15) is 22.3 Å². The van der Waals surface area contributed by atoms with Crippen molar-refractivity contribution in [2.45, 2.75) is 71.6 Å². The number of rotatable bonds is 4. The van der Waals surface area contributed by atoms with Crippen LogP contribution in [-0.2, 0) is 16.2 Å². The van der Waals surface area contributed by atoms with Gasteiger partial charge in [0.25, 0.3) is 0 Å². The molecule has 2 aromatic heterocycles. The Kier molecular flexibility index (Phi) is 8.12. The predicted molar refractivity (Wildman–Crippen MR) is 301 cm³/mol. The molecule has 0 bridgehead atoms. The molecule has 12 aromatic rings. The minimum Gasteiger partial charge on any atom is -0.455 e. The number of benzene rings is 10. The minimum absolute atomic E-state index is 0.227. The van der Waals surface area contributed by atoms with Crippen LogP contribution in [0.3, 0.4) is 0 Å². The Hall–Kier alpha value is -8.14. The number of nitrogens with zero attached hydrogens (tertiary/aromatic N) is 1. The zero-order valence-corrected chi connectivity index (χ0v) is 42.0. The van der Waals surface area contributed by atoms with Crippen LogP contribution in [0.4, 0.5) is 17.1 Å². The van der Waals surface area contributed by atoms with E-state index in [2.05, 4.69) is 236 Å². The quantitative estimate of drug-likeness (QED) is 0.176. The zero-order chi connectivity index (χ0) is 48.7. The smallest absolute Gasteiger partial charge is 0.144 e. The minimum atomic E-state index is -0.327. The largest absolute Gasteiger partial charge is 0.455 e. The molecule has 10 aromatic carbocycles. The first-order valence-electron chi connectivity index (χ1n) is 25.6. The third-order valence-electron chi connectivity index (χ3n) is 17.4. The molecule has 15 rings (SSSR count). The molecule has 0 radical (unpaired) electrons. The van der Waals surface area contributed by atoms with Gasteiger partial charge in [0.2, 0.25) is 0 Å². The van der Waals surface area contributed by atoms with Crippen molar-refractivity contribution in [3.8, 4) is 44.5 Å². The maximum Gasteiger partial charge on any atom is 0.144 e. The second-order valence-corrected chi connectivity index (χ2v) is 22.5. The van der Waals surface area contributed by atoms with Crippen LogP contribution in [0.5, 0.6) is 0 Å². The molecular formula is C69H53NO2. The highest BCUT2D eigenvalue weighted by atomic mass is 16.3. The SMILES string of the molecule is Cc1cccc(C)c1N(c1ccc2c(c1)C(C)(C)c1cc(-c3ccc4ccccc4c3)c3oc4ccccc4c3c1-2)c1ccc2c(c1)C(C)(C)c1c3c(c4oc5ccccc5c4c1-2)-c1ccccc1C3(C)C. The van der Waals surface area contributed by atoms with E-state index < -0.39 is 0 Å². The molecule has 2 heterocycles. The fourth-order valence-corrected chi connectivity index (χ4v) is 14.0. The van der Waals surface area contributed by atoms with Crippen molar-refractivity contribution < 1.29 is 8.83 Å². The molecule has 3 aliphatic rings. The number of anilines is 3. The Morgan fingerprint density at radius 1 is 0.375 bits per heavy atom. The van der Waals surface area contributed by atoms with Crippen LogP contribution in [0.15, 0.2) is 185 Å². The summed E-state index contributed by atoms with van der Waals surface area (Å²) in [6.07, 6.45) is 0. The van der Waals surface area contributed by atoms with Gasteiger partial charge in [0.15, 0.2) is 0 Å². The molecule has 0 spiro atoms. The van der Waals surface area contributed by atoms with E-state index in [1.165, 1.54) is 111 Å². The Bertz CT molecular complexity index is 4380. The molecule has 0 fully saturated rings. The monoisotopic (exact) mass is 927 g/mol. The van der Waals surface area contributed by atoms with Gasteiger partial charge in [-0.3, -0.25) is 0 Å². The highest BCUT2D eigenvalue weighted by molar-refractivity contribution is 6.22. The molecule has 0 N–H and O–H groups in total. The van der Waals surface area contributed by atoms with Crippen molar-refractivity contribution in [1.82, 2.24) is 0 Å². The Balaban J connectivity index is 0.950. The summed E-state index contributed by atoms with van der Waals surface area (Å²) in [6, 6.07) is 65.4. The molecule has 0 saturated heterocycles. The summed E-state index contributed by atoms with van der Waals surface area (Å²) in [5.74, 6) is 0. The van der Waals surface area contributed by atoms with Crippen molar-refractivity contribution in [3.05, 3.63) is 220 Å². The van der Waals surface area contributed by atoms with Crippen molar-refractivity contribution in [1.29, 1.82) is 0 Å². The van der Waals surface area contributed by atoms with Crippen molar-refractivity contribution in [2.24, 2.45) is 0 Å². The third-order valence-corrected chi connectivity index (χ3v) is 17.4. The van der Waals surface area contributed by atoms with E-state index >= 15 is 0 Å². The number of fused-ring (bicyclic) bond motifs is 20. The van der Waals surface area contributed by atoms with Gasteiger partial charge in [-0.05, 0) is 151 Å². The number of para-hydroxylation sites is 3. The highest BCUT2D eigenvalue weighted by Crippen LogP contribution is 2.64. The van der Waals surface area contributed by atoms with E-state index in [-0.39, 0.29) is 16.2 Å². The molecule has 0 amide bonds. The molecule has 0 atom stereocenters. The topological polar surface area (TPSA) is 29.5 Å². The summed E-state index contributed by atoms with van der Waals surface area (Å²) >= 11 is 0. The van der Waals surface area contributed by atoms with E-state index in [1.54, 1.807) is 0 Å². The van der Waals surface area contributed by atoms with Crippen molar-refractivity contribution in [3.63, 3.8) is 0 Å². The normalized spacial score (nSPS) is 15.3. The lowest BCUT2D eigenvalue weighted by atomic mass is 9.72. The molecule has 346 valence electrons. The summed E-state index contributed by atoms with van der Waals surface area (Å²) in [5, 5.41) is 7.19. The molecule has 3 heteroatoms. The van der Waals surface area contributed by atoms with Gasteiger partial charge in [0, 0.05) is 60.3 Å². The molecule has 0 saturated carbocycles. The Morgan fingerprint density at radius 2 is 0.917 bits per heavy atom. The van der Waals surface area contributed by atoms with E-state index in [0.717, 1.165) is 50.2 Å². The maximum atomic E-state index is 7.01. The first kappa shape index (κ1) is 41.6. The van der Waals surface area contributed by atoms with Crippen molar-refractivity contribution in [2.75, 3.05) is 4.90 Å². The fraction of sp³-hybridized carbons (Fsp3) is 0.159. The molecule has 3 nitrogen and oxygen atoms in total. The second kappa shape index (κ2) is 14.0. The lowest BCUT2D eigenvalue weighted by Gasteiger charge is -2.32. The van der Waals surface area contributed by atoms with Crippen LogP contribution in [0.2, 0.25) is 0 Å². The number of hydrogen-bond acceptors (Lipinski definition) is 3. The highest BCUT2D eigenvalue weighted by Gasteiger charge is 2.49.